The van der Waals surface area contributed by atoms with Crippen molar-refractivity contribution in [2.45, 2.75) is 0 Å². The molecule has 2 N–H and O–H groups in total. The maximum Gasteiger partial charge on any atom is 0.302 e. The molecule has 0 unspecified atom stereocenters. The Morgan fingerprint density at radius 2 is 1.68 bits per heavy atom. The molecule has 2 aromatic rings. The summed E-state index contributed by atoms with van der Waals surface area (Å²) in [6.07, 6.45) is 0. The molecule has 0 bridgehead atoms. The smallest absolute Gasteiger partial charge is 0.302 e. The van der Waals surface area contributed by atoms with E-state index in [1.165, 1.54) is 20.2 Å². The van der Waals surface area contributed by atoms with Gasteiger partial charge in [0.1, 0.15) is 0 Å². The lowest BCUT2D eigenvalue weighted by Crippen LogP contribution is -2.29. The van der Waals surface area contributed by atoms with Crippen molar-refractivity contribution in [3.63, 3.8) is 0 Å². The predicted molar refractivity (Wildman–Crippen MR) is 88.0 cm³/mol. The molecule has 1 aromatic heterocycles. The van der Waals surface area contributed by atoms with Crippen molar-refractivity contribution in [1.82, 2.24) is 14.5 Å². The van der Waals surface area contributed by atoms with Crippen LogP contribution in [0.15, 0.2) is 30.3 Å². The van der Waals surface area contributed by atoms with Crippen LogP contribution in [-0.4, -0.2) is 37.0 Å². The molecule has 0 spiro atoms. The van der Waals surface area contributed by atoms with Gasteiger partial charge in [-0.1, -0.05) is 23.2 Å². The third kappa shape index (κ3) is 4.20. The second-order valence-electron chi connectivity index (χ2n) is 4.44. The van der Waals surface area contributed by atoms with Crippen LogP contribution in [0.5, 0.6) is 0 Å². The number of benzene rings is 1. The van der Waals surface area contributed by atoms with Crippen LogP contribution in [-0.2, 0) is 10.2 Å². The largest absolute Gasteiger partial charge is 0.337 e. The number of nitrogens with one attached hydrogen (secondary N) is 2. The lowest BCUT2D eigenvalue weighted by atomic mass is 10.3. The van der Waals surface area contributed by atoms with Gasteiger partial charge in [0.2, 0.25) is 0 Å². The summed E-state index contributed by atoms with van der Waals surface area (Å²) in [5, 5.41) is 11.6. The maximum absolute atomic E-state index is 11.7. The zero-order valence-corrected chi connectivity index (χ0v) is 14.0. The number of hydrogen-bond acceptors (Lipinski definition) is 5. The van der Waals surface area contributed by atoms with Crippen molar-refractivity contribution in [1.29, 1.82) is 0 Å². The molecule has 1 aromatic carbocycles. The highest BCUT2D eigenvalue weighted by Gasteiger charge is 2.14. The topological polar surface area (TPSA) is 87.2 Å². The van der Waals surface area contributed by atoms with Crippen LogP contribution in [0.1, 0.15) is 0 Å². The summed E-state index contributed by atoms with van der Waals surface area (Å²) < 4.78 is 26.6. The fourth-order valence-corrected chi connectivity index (χ4v) is 2.30. The van der Waals surface area contributed by atoms with Crippen LogP contribution in [0.2, 0.25) is 10.0 Å². The van der Waals surface area contributed by atoms with E-state index in [4.69, 9.17) is 23.2 Å². The first-order valence-corrected chi connectivity index (χ1v) is 8.23. The molecule has 10 heteroatoms. The standard InChI is InChI=1S/C12H13Cl2N5O2S/c1-19(2)22(20,21)18-12-6-5-11(16-17-12)15-10-7-8(13)3-4-9(10)14/h3-7H,1-2H3,(H,15,16)(H,17,18). The van der Waals surface area contributed by atoms with Gasteiger partial charge in [0.05, 0.1) is 10.7 Å². The highest BCUT2D eigenvalue weighted by Crippen LogP contribution is 2.27. The quantitative estimate of drug-likeness (QED) is 0.854. The first-order valence-electron chi connectivity index (χ1n) is 6.04. The Morgan fingerprint density at radius 1 is 1.05 bits per heavy atom. The molecule has 0 aliphatic rings. The van der Waals surface area contributed by atoms with E-state index >= 15 is 0 Å². The van der Waals surface area contributed by atoms with Crippen LogP contribution < -0.4 is 10.0 Å². The molecule has 118 valence electrons. The monoisotopic (exact) mass is 361 g/mol. The molecular weight excluding hydrogens is 349 g/mol. The van der Waals surface area contributed by atoms with Gasteiger partial charge in [-0.05, 0) is 30.3 Å². The average molecular weight is 362 g/mol. The van der Waals surface area contributed by atoms with Gasteiger partial charge < -0.3 is 5.32 Å². The summed E-state index contributed by atoms with van der Waals surface area (Å²) in [6.45, 7) is 0. The summed E-state index contributed by atoms with van der Waals surface area (Å²) in [7, 11) is -0.794. The molecule has 0 aliphatic heterocycles. The van der Waals surface area contributed by atoms with Crippen LogP contribution in [0.4, 0.5) is 17.3 Å². The Balaban J connectivity index is 2.14. The van der Waals surface area contributed by atoms with Crippen LogP contribution in [0.3, 0.4) is 0 Å². The van der Waals surface area contributed by atoms with Crippen molar-refractivity contribution in [2.75, 3.05) is 24.1 Å². The van der Waals surface area contributed by atoms with E-state index in [1.54, 1.807) is 24.3 Å². The fraction of sp³-hybridized carbons (Fsp3) is 0.167. The molecule has 0 amide bonds. The van der Waals surface area contributed by atoms with E-state index in [-0.39, 0.29) is 5.82 Å². The lowest BCUT2D eigenvalue weighted by Gasteiger charge is -2.12. The molecular formula is C12H13Cl2N5O2S. The highest BCUT2D eigenvalue weighted by atomic mass is 35.5. The van der Waals surface area contributed by atoms with Gasteiger partial charge in [-0.25, -0.2) is 0 Å². The van der Waals surface area contributed by atoms with Crippen molar-refractivity contribution >= 4 is 50.7 Å². The Hall–Kier alpha value is -1.61. The minimum Gasteiger partial charge on any atom is -0.337 e. The van der Waals surface area contributed by atoms with Crippen molar-refractivity contribution in [2.24, 2.45) is 0 Å². The second kappa shape index (κ2) is 6.66. The van der Waals surface area contributed by atoms with Gasteiger partial charge >= 0.3 is 10.2 Å². The molecule has 0 saturated heterocycles. The Kier molecular flexibility index (Phi) is 5.07. The van der Waals surface area contributed by atoms with Gasteiger partial charge in [0.15, 0.2) is 11.6 Å². The Morgan fingerprint density at radius 3 is 2.27 bits per heavy atom. The molecule has 22 heavy (non-hydrogen) atoms. The number of aromatic nitrogens is 2. The molecule has 0 fully saturated rings. The van der Waals surface area contributed by atoms with Gasteiger partial charge in [-0.2, -0.15) is 12.7 Å². The number of anilines is 3. The minimum atomic E-state index is -3.61. The zero-order valence-electron chi connectivity index (χ0n) is 11.7. The van der Waals surface area contributed by atoms with E-state index in [0.29, 0.717) is 21.6 Å². The molecule has 0 saturated carbocycles. The van der Waals surface area contributed by atoms with Crippen molar-refractivity contribution in [3.8, 4) is 0 Å². The lowest BCUT2D eigenvalue weighted by molar-refractivity contribution is 0.526. The summed E-state index contributed by atoms with van der Waals surface area (Å²) in [6, 6.07) is 8.01. The number of hydrogen-bond donors (Lipinski definition) is 2. The third-order valence-electron chi connectivity index (χ3n) is 2.57. The van der Waals surface area contributed by atoms with E-state index in [1.807, 2.05) is 0 Å². The Labute approximate surface area is 138 Å². The molecule has 2 rings (SSSR count). The summed E-state index contributed by atoms with van der Waals surface area (Å²) in [5.74, 6) is 0.508. The van der Waals surface area contributed by atoms with Crippen LogP contribution >= 0.6 is 23.2 Å². The molecule has 0 atom stereocenters. The van der Waals surface area contributed by atoms with E-state index in [9.17, 15) is 8.42 Å². The maximum atomic E-state index is 11.7. The van der Waals surface area contributed by atoms with E-state index in [2.05, 4.69) is 20.2 Å². The van der Waals surface area contributed by atoms with E-state index < -0.39 is 10.2 Å². The first-order chi connectivity index (χ1) is 10.3. The van der Waals surface area contributed by atoms with Crippen molar-refractivity contribution < 1.29 is 8.42 Å². The second-order valence-corrected chi connectivity index (χ2v) is 7.17. The first kappa shape index (κ1) is 16.8. The SMILES string of the molecule is CN(C)S(=O)(=O)Nc1ccc(Nc2cc(Cl)ccc2Cl)nn1. The Bertz CT molecular complexity index is 766. The van der Waals surface area contributed by atoms with Gasteiger partial charge in [0.25, 0.3) is 0 Å². The molecule has 0 radical (unpaired) electrons. The molecule has 1 heterocycles. The van der Waals surface area contributed by atoms with Crippen molar-refractivity contribution in [3.05, 3.63) is 40.4 Å². The van der Waals surface area contributed by atoms with Crippen LogP contribution in [0, 0.1) is 0 Å². The summed E-state index contributed by atoms with van der Waals surface area (Å²) in [5.41, 5.74) is 0.574. The molecule has 0 aliphatic carbocycles. The van der Waals surface area contributed by atoms with E-state index in [0.717, 1.165) is 4.31 Å². The predicted octanol–water partition coefficient (Wildman–Crippen LogP) is 2.75. The summed E-state index contributed by atoms with van der Waals surface area (Å²) in [4.78, 5) is 0. The summed E-state index contributed by atoms with van der Waals surface area (Å²) >= 11 is 11.9. The number of halogens is 2. The highest BCUT2D eigenvalue weighted by molar-refractivity contribution is 7.90. The van der Waals surface area contributed by atoms with Gasteiger partial charge in [-0.3, -0.25) is 4.72 Å². The number of nitrogens with zero attached hydrogens (tertiary/aromatic N) is 3. The fourth-order valence-electron chi connectivity index (χ4n) is 1.41. The van der Waals surface area contributed by atoms with Gasteiger partial charge in [-0.15, -0.1) is 10.2 Å². The van der Waals surface area contributed by atoms with Crippen LogP contribution in [0.25, 0.3) is 0 Å². The van der Waals surface area contributed by atoms with Gasteiger partial charge in [0, 0.05) is 19.1 Å². The average Bonchev–Trinajstić information content (AvgIpc) is 2.44. The zero-order chi connectivity index (χ0) is 16.3. The normalized spacial score (nSPS) is 11.5. The number of rotatable bonds is 5. The third-order valence-corrected chi connectivity index (χ3v) is 4.56. The molecule has 7 nitrogen and oxygen atoms in total. The minimum absolute atomic E-state index is 0.108.